The standard InChI is InChI=1S/C22H27BrO6/c1-24-14-28-19-11-20(29-15-25-2)22(23)18(13-26-12-17-9-6-10-27-17)21(19)16-7-4-3-5-8-16/h3-5,7-8,11,17H,6,9-10,12-15H2,1-2H3. The Labute approximate surface area is 180 Å². The molecule has 158 valence electrons. The van der Waals surface area contributed by atoms with Gasteiger partial charge in [0.05, 0.1) is 23.8 Å². The van der Waals surface area contributed by atoms with E-state index < -0.39 is 0 Å². The van der Waals surface area contributed by atoms with E-state index in [1.807, 2.05) is 36.4 Å². The number of halogens is 1. The predicted octanol–water partition coefficient (Wildman–Crippen LogP) is 4.78. The summed E-state index contributed by atoms with van der Waals surface area (Å²) in [6.07, 6.45) is 2.28. The van der Waals surface area contributed by atoms with Crippen molar-refractivity contribution in [3.8, 4) is 22.6 Å². The highest BCUT2D eigenvalue weighted by atomic mass is 79.9. The largest absolute Gasteiger partial charge is 0.467 e. The Hall–Kier alpha value is -1.64. The van der Waals surface area contributed by atoms with Crippen LogP contribution < -0.4 is 9.47 Å². The molecule has 1 saturated heterocycles. The molecule has 1 fully saturated rings. The second-order valence-corrected chi connectivity index (χ2v) is 7.45. The van der Waals surface area contributed by atoms with Crippen LogP contribution in [0.15, 0.2) is 40.9 Å². The Kier molecular flexibility index (Phi) is 8.76. The Morgan fingerprint density at radius 3 is 2.41 bits per heavy atom. The van der Waals surface area contributed by atoms with Crippen molar-refractivity contribution in [3.05, 3.63) is 46.4 Å². The molecule has 0 N–H and O–H groups in total. The lowest BCUT2D eigenvalue weighted by Gasteiger charge is -2.21. The van der Waals surface area contributed by atoms with Gasteiger partial charge in [0.15, 0.2) is 13.6 Å². The van der Waals surface area contributed by atoms with Crippen molar-refractivity contribution in [2.75, 3.05) is 41.0 Å². The molecule has 0 aliphatic carbocycles. The van der Waals surface area contributed by atoms with E-state index in [1.54, 1.807) is 14.2 Å². The molecule has 0 aromatic heterocycles. The van der Waals surface area contributed by atoms with Crippen molar-refractivity contribution >= 4 is 15.9 Å². The minimum Gasteiger partial charge on any atom is -0.467 e. The van der Waals surface area contributed by atoms with Crippen molar-refractivity contribution in [2.45, 2.75) is 25.6 Å². The lowest BCUT2D eigenvalue weighted by molar-refractivity contribution is 0.0101. The molecule has 2 aromatic rings. The van der Waals surface area contributed by atoms with Crippen LogP contribution in [0.3, 0.4) is 0 Å². The average molecular weight is 467 g/mol. The van der Waals surface area contributed by atoms with Crippen molar-refractivity contribution < 1.29 is 28.4 Å². The summed E-state index contributed by atoms with van der Waals surface area (Å²) >= 11 is 3.70. The Morgan fingerprint density at radius 2 is 1.76 bits per heavy atom. The van der Waals surface area contributed by atoms with Gasteiger partial charge >= 0.3 is 0 Å². The fraction of sp³-hybridized carbons (Fsp3) is 0.455. The number of hydrogen-bond acceptors (Lipinski definition) is 6. The maximum Gasteiger partial charge on any atom is 0.188 e. The molecule has 3 rings (SSSR count). The van der Waals surface area contributed by atoms with Gasteiger partial charge in [0.1, 0.15) is 11.5 Å². The first kappa shape index (κ1) is 22.1. The third kappa shape index (κ3) is 5.93. The van der Waals surface area contributed by atoms with Crippen LogP contribution in [0.4, 0.5) is 0 Å². The smallest absolute Gasteiger partial charge is 0.188 e. The van der Waals surface area contributed by atoms with E-state index in [9.17, 15) is 0 Å². The molecule has 29 heavy (non-hydrogen) atoms. The van der Waals surface area contributed by atoms with Gasteiger partial charge in [-0.2, -0.15) is 0 Å². The fourth-order valence-corrected chi connectivity index (χ4v) is 3.79. The molecule has 0 saturated carbocycles. The van der Waals surface area contributed by atoms with Gasteiger partial charge in [0.2, 0.25) is 0 Å². The summed E-state index contributed by atoms with van der Waals surface area (Å²) < 4.78 is 34.4. The quantitative estimate of drug-likeness (QED) is 0.444. The summed E-state index contributed by atoms with van der Waals surface area (Å²) in [7, 11) is 3.18. The molecule has 1 aliphatic heterocycles. The summed E-state index contributed by atoms with van der Waals surface area (Å²) in [6, 6.07) is 11.9. The normalized spacial score (nSPS) is 16.2. The van der Waals surface area contributed by atoms with Gasteiger partial charge in [-0.15, -0.1) is 0 Å². The summed E-state index contributed by atoms with van der Waals surface area (Å²) in [5, 5.41) is 0. The maximum absolute atomic E-state index is 6.04. The van der Waals surface area contributed by atoms with Crippen LogP contribution in [0.1, 0.15) is 18.4 Å². The SMILES string of the molecule is COCOc1cc(OCOC)c(-c2ccccc2)c(COCC2CCCO2)c1Br. The lowest BCUT2D eigenvalue weighted by Crippen LogP contribution is -2.14. The number of methoxy groups -OCH3 is 2. The molecular formula is C22H27BrO6. The number of hydrogen-bond donors (Lipinski definition) is 0. The van der Waals surface area contributed by atoms with Gasteiger partial charge < -0.3 is 28.4 Å². The van der Waals surface area contributed by atoms with E-state index in [1.165, 1.54) is 0 Å². The second-order valence-electron chi connectivity index (χ2n) is 6.66. The van der Waals surface area contributed by atoms with E-state index in [4.69, 9.17) is 28.4 Å². The predicted molar refractivity (Wildman–Crippen MR) is 113 cm³/mol. The first-order chi connectivity index (χ1) is 14.2. The van der Waals surface area contributed by atoms with E-state index in [0.29, 0.717) is 24.7 Å². The van der Waals surface area contributed by atoms with Crippen LogP contribution in [0.5, 0.6) is 11.5 Å². The fourth-order valence-electron chi connectivity index (χ4n) is 3.25. The van der Waals surface area contributed by atoms with Gasteiger partial charge in [0, 0.05) is 38.0 Å². The molecule has 0 bridgehead atoms. The second kappa shape index (κ2) is 11.5. The van der Waals surface area contributed by atoms with Crippen LogP contribution in [-0.4, -0.2) is 47.1 Å². The summed E-state index contributed by atoms with van der Waals surface area (Å²) in [5.74, 6) is 1.27. The zero-order valence-corrected chi connectivity index (χ0v) is 18.4. The molecule has 1 atom stereocenters. The number of rotatable bonds is 11. The van der Waals surface area contributed by atoms with Crippen molar-refractivity contribution in [1.82, 2.24) is 0 Å². The molecule has 7 heteroatoms. The summed E-state index contributed by atoms with van der Waals surface area (Å²) in [5.41, 5.74) is 2.90. The Morgan fingerprint density at radius 1 is 1.03 bits per heavy atom. The van der Waals surface area contributed by atoms with Crippen molar-refractivity contribution in [1.29, 1.82) is 0 Å². The van der Waals surface area contributed by atoms with Crippen LogP contribution in [0.25, 0.3) is 11.1 Å². The third-order valence-corrected chi connectivity index (χ3v) is 5.46. The Balaban J connectivity index is 1.96. The van der Waals surface area contributed by atoms with E-state index >= 15 is 0 Å². The molecule has 6 nitrogen and oxygen atoms in total. The van der Waals surface area contributed by atoms with E-state index in [2.05, 4.69) is 15.9 Å². The van der Waals surface area contributed by atoms with Crippen LogP contribution >= 0.6 is 15.9 Å². The van der Waals surface area contributed by atoms with Crippen LogP contribution in [0.2, 0.25) is 0 Å². The van der Waals surface area contributed by atoms with Gasteiger partial charge in [-0.1, -0.05) is 30.3 Å². The molecule has 1 aliphatic rings. The summed E-state index contributed by atoms with van der Waals surface area (Å²) in [6.45, 7) is 2.00. The average Bonchev–Trinajstić information content (AvgIpc) is 3.27. The van der Waals surface area contributed by atoms with Crippen molar-refractivity contribution in [3.63, 3.8) is 0 Å². The van der Waals surface area contributed by atoms with Crippen molar-refractivity contribution in [2.24, 2.45) is 0 Å². The number of ether oxygens (including phenoxy) is 6. The zero-order chi connectivity index (χ0) is 20.5. The summed E-state index contributed by atoms with van der Waals surface area (Å²) in [4.78, 5) is 0. The van der Waals surface area contributed by atoms with Gasteiger partial charge in [-0.05, 0) is 34.3 Å². The minimum atomic E-state index is 0.126. The minimum absolute atomic E-state index is 0.126. The van der Waals surface area contributed by atoms with Gasteiger partial charge in [-0.25, -0.2) is 0 Å². The first-order valence-electron chi connectivity index (χ1n) is 9.58. The molecule has 0 radical (unpaired) electrons. The van der Waals surface area contributed by atoms with Gasteiger partial charge in [-0.3, -0.25) is 0 Å². The zero-order valence-electron chi connectivity index (χ0n) is 16.8. The van der Waals surface area contributed by atoms with E-state index in [-0.39, 0.29) is 19.7 Å². The molecule has 2 aromatic carbocycles. The highest BCUT2D eigenvalue weighted by molar-refractivity contribution is 9.10. The van der Waals surface area contributed by atoms with Gasteiger partial charge in [0.25, 0.3) is 0 Å². The molecular weight excluding hydrogens is 440 g/mol. The monoisotopic (exact) mass is 466 g/mol. The van der Waals surface area contributed by atoms with Crippen LogP contribution in [0, 0.1) is 0 Å². The highest BCUT2D eigenvalue weighted by Gasteiger charge is 2.22. The third-order valence-electron chi connectivity index (χ3n) is 4.59. The maximum atomic E-state index is 6.04. The molecule has 1 unspecified atom stereocenters. The molecule has 0 spiro atoms. The topological polar surface area (TPSA) is 55.4 Å². The first-order valence-corrected chi connectivity index (χ1v) is 10.4. The highest BCUT2D eigenvalue weighted by Crippen LogP contribution is 2.43. The lowest BCUT2D eigenvalue weighted by atomic mass is 9.98. The number of benzene rings is 2. The molecule has 0 amide bonds. The molecule has 1 heterocycles. The van der Waals surface area contributed by atoms with E-state index in [0.717, 1.165) is 40.6 Å². The van der Waals surface area contributed by atoms with Crippen LogP contribution in [-0.2, 0) is 25.6 Å². The Bertz CT molecular complexity index is 762.